The van der Waals surface area contributed by atoms with Crippen LogP contribution in [-0.4, -0.2) is 25.2 Å². The highest BCUT2D eigenvalue weighted by Gasteiger charge is 1.91. The Bertz CT molecular complexity index is 199. The molecule has 0 atom stereocenters. The normalized spacial score (nSPS) is 8.12. The van der Waals surface area contributed by atoms with Gasteiger partial charge in [0.1, 0.15) is 0 Å². The maximum Gasteiger partial charge on any atom is 0.365 e. The Balaban J connectivity index is 0. The van der Waals surface area contributed by atoms with Gasteiger partial charge in [-0.25, -0.2) is 9.59 Å². The van der Waals surface area contributed by atoms with Crippen molar-refractivity contribution < 1.29 is 29.1 Å². The third-order valence-corrected chi connectivity index (χ3v) is 0.851. The van der Waals surface area contributed by atoms with Crippen LogP contribution >= 0.6 is 0 Å². The molecule has 0 saturated heterocycles. The van der Waals surface area contributed by atoms with Gasteiger partial charge in [0.2, 0.25) is 0 Å². The van der Waals surface area contributed by atoms with Crippen LogP contribution in [0.5, 0.6) is 0 Å². The van der Waals surface area contributed by atoms with Gasteiger partial charge in [-0.15, -0.1) is 0 Å². The highest BCUT2D eigenvalue weighted by molar-refractivity contribution is 5.80. The minimum atomic E-state index is -0.563. The second kappa shape index (κ2) is 13.3. The van der Waals surface area contributed by atoms with Gasteiger partial charge in [-0.1, -0.05) is 13.2 Å². The number of carbonyl (C=O) groups excluding carboxylic acids is 2. The van der Waals surface area contributed by atoms with Crippen molar-refractivity contribution in [3.8, 4) is 0 Å². The zero-order valence-electron chi connectivity index (χ0n) is 9.43. The van der Waals surface area contributed by atoms with Gasteiger partial charge in [0.05, 0.1) is 13.2 Å². The van der Waals surface area contributed by atoms with E-state index in [1.54, 1.807) is 13.8 Å². The minimum absolute atomic E-state index is 0.361. The van der Waals surface area contributed by atoms with E-state index in [0.29, 0.717) is 13.2 Å². The Morgan fingerprint density at radius 2 is 1.25 bits per heavy atom. The molecule has 0 heterocycles. The van der Waals surface area contributed by atoms with E-state index < -0.39 is 11.9 Å². The molecule has 92 valence electrons. The van der Waals surface area contributed by atoms with Crippen molar-refractivity contribution in [2.24, 2.45) is 0 Å². The summed E-state index contributed by atoms with van der Waals surface area (Å²) in [6.45, 7) is 10.5. The van der Waals surface area contributed by atoms with E-state index in [0.717, 1.165) is 12.2 Å². The molecule has 0 saturated carbocycles. The lowest BCUT2D eigenvalue weighted by Gasteiger charge is -1.93. The van der Waals surface area contributed by atoms with Crippen molar-refractivity contribution in [2.75, 3.05) is 13.2 Å². The zero-order valence-corrected chi connectivity index (χ0v) is 9.43. The van der Waals surface area contributed by atoms with Crippen LogP contribution in [0.4, 0.5) is 0 Å². The van der Waals surface area contributed by atoms with Crippen LogP contribution in [0.2, 0.25) is 0 Å². The van der Waals surface area contributed by atoms with Gasteiger partial charge in [0.25, 0.3) is 0 Å². The lowest BCUT2D eigenvalue weighted by atomic mass is 10.7. The molecule has 0 rings (SSSR count). The highest BCUT2D eigenvalue weighted by atomic mass is 17.2. The summed E-state index contributed by atoms with van der Waals surface area (Å²) in [5, 5.41) is 0. The summed E-state index contributed by atoms with van der Waals surface area (Å²) < 4.78 is 0. The molecule has 0 aliphatic rings. The Labute approximate surface area is 94.3 Å². The molecule has 0 aliphatic carbocycles. The molecular formula is C10H16O6. The Morgan fingerprint density at radius 3 is 1.44 bits per heavy atom. The van der Waals surface area contributed by atoms with Crippen molar-refractivity contribution in [1.82, 2.24) is 0 Å². The first kappa shape index (κ1) is 16.8. The summed E-state index contributed by atoms with van der Waals surface area (Å²) in [5.41, 5.74) is 0. The van der Waals surface area contributed by atoms with Gasteiger partial charge in [0.15, 0.2) is 0 Å². The molecular weight excluding hydrogens is 216 g/mol. The Hall–Kier alpha value is -1.66. The van der Waals surface area contributed by atoms with Crippen molar-refractivity contribution in [2.45, 2.75) is 13.8 Å². The largest absolute Gasteiger partial charge is 0.365 e. The van der Waals surface area contributed by atoms with Crippen molar-refractivity contribution >= 4 is 11.9 Å². The topological polar surface area (TPSA) is 71.1 Å². The second-order valence-electron chi connectivity index (χ2n) is 2.03. The summed E-state index contributed by atoms with van der Waals surface area (Å²) in [6, 6.07) is 0. The standard InChI is InChI=1S/2C5H8O3/c2*1-3-5(6)8-7-4-2/h2*3H,1,4H2,2H3. The second-order valence-corrected chi connectivity index (χ2v) is 2.03. The van der Waals surface area contributed by atoms with E-state index in [4.69, 9.17) is 0 Å². The first-order chi connectivity index (χ1) is 7.62. The van der Waals surface area contributed by atoms with Gasteiger partial charge < -0.3 is 0 Å². The van der Waals surface area contributed by atoms with E-state index >= 15 is 0 Å². The van der Waals surface area contributed by atoms with Crippen LogP contribution < -0.4 is 0 Å². The fourth-order valence-electron chi connectivity index (χ4n) is 0.302. The molecule has 16 heavy (non-hydrogen) atoms. The van der Waals surface area contributed by atoms with Crippen molar-refractivity contribution in [3.63, 3.8) is 0 Å². The lowest BCUT2D eigenvalue weighted by Crippen LogP contribution is -2.00. The smallest absolute Gasteiger partial charge is 0.294 e. The Kier molecular flexibility index (Phi) is 14.0. The third kappa shape index (κ3) is 14.8. The summed E-state index contributed by atoms with van der Waals surface area (Å²) in [5.74, 6) is -1.13. The molecule has 0 radical (unpaired) electrons. The van der Waals surface area contributed by atoms with E-state index in [9.17, 15) is 9.59 Å². The molecule has 0 aliphatic heterocycles. The minimum Gasteiger partial charge on any atom is -0.294 e. The summed E-state index contributed by atoms with van der Waals surface area (Å²) >= 11 is 0. The molecule has 6 heteroatoms. The number of carbonyl (C=O) groups is 2. The van der Waals surface area contributed by atoms with Crippen LogP contribution in [0.15, 0.2) is 25.3 Å². The fraction of sp³-hybridized carbons (Fsp3) is 0.400. The molecule has 6 nitrogen and oxygen atoms in total. The van der Waals surface area contributed by atoms with Gasteiger partial charge in [-0.2, -0.15) is 9.78 Å². The number of rotatable bonds is 6. The molecule has 0 aromatic carbocycles. The van der Waals surface area contributed by atoms with Crippen molar-refractivity contribution in [1.29, 1.82) is 0 Å². The van der Waals surface area contributed by atoms with Crippen LogP contribution in [0.25, 0.3) is 0 Å². The summed E-state index contributed by atoms with van der Waals surface area (Å²) in [7, 11) is 0. The average molecular weight is 232 g/mol. The molecule has 0 amide bonds. The van der Waals surface area contributed by atoms with Gasteiger partial charge in [0, 0.05) is 12.2 Å². The maximum atomic E-state index is 10.1. The highest BCUT2D eigenvalue weighted by Crippen LogP contribution is 1.79. The molecule has 0 bridgehead atoms. The average Bonchev–Trinajstić information content (AvgIpc) is 2.33. The number of hydrogen-bond donors (Lipinski definition) is 0. The van der Waals surface area contributed by atoms with Crippen molar-refractivity contribution in [3.05, 3.63) is 25.3 Å². The summed E-state index contributed by atoms with van der Waals surface area (Å²) in [6.07, 6.45) is 2.07. The molecule has 0 aromatic heterocycles. The predicted molar refractivity (Wildman–Crippen MR) is 55.8 cm³/mol. The van der Waals surface area contributed by atoms with Crippen LogP contribution in [0.1, 0.15) is 13.8 Å². The zero-order chi connectivity index (χ0) is 12.8. The number of hydrogen-bond acceptors (Lipinski definition) is 6. The van der Waals surface area contributed by atoms with Crippen LogP contribution in [-0.2, 0) is 29.1 Å². The van der Waals surface area contributed by atoms with E-state index in [1.165, 1.54) is 0 Å². The fourth-order valence-corrected chi connectivity index (χ4v) is 0.302. The van der Waals surface area contributed by atoms with E-state index in [2.05, 4.69) is 32.7 Å². The molecule has 0 spiro atoms. The maximum absolute atomic E-state index is 10.1. The summed E-state index contributed by atoms with van der Waals surface area (Å²) in [4.78, 5) is 36.9. The van der Waals surface area contributed by atoms with Gasteiger partial charge in [-0.05, 0) is 13.8 Å². The van der Waals surface area contributed by atoms with E-state index in [1.807, 2.05) is 0 Å². The quantitative estimate of drug-likeness (QED) is 0.391. The lowest BCUT2D eigenvalue weighted by molar-refractivity contribution is -0.264. The molecule has 0 fully saturated rings. The molecule has 0 N–H and O–H groups in total. The SMILES string of the molecule is C=CC(=O)OOCC.C=CC(=O)OOCC. The molecule has 0 aromatic rings. The monoisotopic (exact) mass is 232 g/mol. The van der Waals surface area contributed by atoms with Gasteiger partial charge >= 0.3 is 11.9 Å². The van der Waals surface area contributed by atoms with Gasteiger partial charge in [-0.3, -0.25) is 9.78 Å². The Morgan fingerprint density at radius 1 is 0.938 bits per heavy atom. The van der Waals surface area contributed by atoms with Crippen LogP contribution in [0, 0.1) is 0 Å². The first-order valence-corrected chi connectivity index (χ1v) is 4.54. The van der Waals surface area contributed by atoms with Crippen LogP contribution in [0.3, 0.4) is 0 Å². The molecule has 0 unspecified atom stereocenters. The predicted octanol–water partition coefficient (Wildman–Crippen LogP) is 1.33. The van der Waals surface area contributed by atoms with E-state index in [-0.39, 0.29) is 0 Å². The first-order valence-electron chi connectivity index (χ1n) is 4.54. The third-order valence-electron chi connectivity index (χ3n) is 0.851.